The third kappa shape index (κ3) is 4.02. The van der Waals surface area contributed by atoms with Gasteiger partial charge in [0.25, 0.3) is 11.5 Å². The molecule has 0 saturated heterocycles. The molecule has 8 nitrogen and oxygen atoms in total. The first-order chi connectivity index (χ1) is 15.8. The number of hydrogen-bond donors (Lipinski definition) is 2. The summed E-state index contributed by atoms with van der Waals surface area (Å²) in [5, 5.41) is 22.8. The predicted octanol–water partition coefficient (Wildman–Crippen LogP) is 4.16. The first-order valence-electron chi connectivity index (χ1n) is 10.4. The van der Waals surface area contributed by atoms with Gasteiger partial charge in [-0.1, -0.05) is 17.7 Å². The Labute approximate surface area is 192 Å². The average Bonchev–Trinajstić information content (AvgIpc) is 3.40. The van der Waals surface area contributed by atoms with Crippen molar-refractivity contribution < 1.29 is 13.5 Å². The fourth-order valence-electron chi connectivity index (χ4n) is 3.96. The van der Waals surface area contributed by atoms with E-state index in [2.05, 4.69) is 25.7 Å². The van der Waals surface area contributed by atoms with E-state index in [-0.39, 0.29) is 10.7 Å². The molecule has 3 heterocycles. The highest BCUT2D eigenvalue weighted by atomic mass is 35.5. The summed E-state index contributed by atoms with van der Waals surface area (Å²) in [6.45, 7) is 1.14. The van der Waals surface area contributed by atoms with Crippen LogP contribution in [0.3, 0.4) is 0 Å². The number of rotatable bonds is 6. The van der Waals surface area contributed by atoms with Gasteiger partial charge in [0.2, 0.25) is 5.95 Å². The van der Waals surface area contributed by atoms with Crippen molar-refractivity contribution >= 4 is 34.8 Å². The van der Waals surface area contributed by atoms with Gasteiger partial charge in [0.05, 0.1) is 12.2 Å². The number of nitrogens with zero attached hydrogens (tertiary/aromatic N) is 5. The Hall–Kier alpha value is -3.53. The second-order valence-corrected chi connectivity index (χ2v) is 8.38. The molecule has 0 radical (unpaired) electrons. The number of halogens is 3. The molecule has 33 heavy (non-hydrogen) atoms. The van der Waals surface area contributed by atoms with Crippen LogP contribution >= 0.6 is 11.6 Å². The molecule has 0 fully saturated rings. The molecule has 0 spiro atoms. The summed E-state index contributed by atoms with van der Waals surface area (Å²) in [6, 6.07) is 9.35. The quantitative estimate of drug-likeness (QED) is 0.324. The molecule has 170 valence electrons. The number of benzene rings is 1. The molecule has 0 unspecified atom stereocenters. The molecule has 1 aliphatic carbocycles. The summed E-state index contributed by atoms with van der Waals surface area (Å²) in [5.74, 6) is -2.43. The number of aryl methyl sites for hydroxylation is 2. The zero-order valence-corrected chi connectivity index (χ0v) is 18.4. The van der Waals surface area contributed by atoms with Crippen LogP contribution in [0.4, 0.5) is 26.2 Å². The van der Waals surface area contributed by atoms with E-state index >= 15 is 0 Å². The van der Waals surface area contributed by atoms with Crippen molar-refractivity contribution in [3.8, 4) is 0 Å². The minimum Gasteiger partial charge on any atom is -0.618 e. The number of anilines is 3. The number of pyridine rings is 1. The minimum absolute atomic E-state index is 0.180. The number of hydrogen-bond acceptors (Lipinski definition) is 6. The maximum atomic E-state index is 14.9. The van der Waals surface area contributed by atoms with Gasteiger partial charge in [-0.2, -0.15) is 23.0 Å². The zero-order valence-electron chi connectivity index (χ0n) is 17.6. The van der Waals surface area contributed by atoms with Crippen LogP contribution in [0.2, 0.25) is 5.02 Å². The lowest BCUT2D eigenvalue weighted by Gasteiger charge is -2.18. The normalized spacial score (nSPS) is 13.3. The van der Waals surface area contributed by atoms with E-state index in [9.17, 15) is 14.0 Å². The monoisotopic (exact) mass is 471 g/mol. The topological polar surface area (TPSA) is 94.1 Å². The van der Waals surface area contributed by atoms with Gasteiger partial charge in [-0.05, 0) is 49.9 Å². The highest BCUT2D eigenvalue weighted by Gasteiger charge is 2.39. The Balaban J connectivity index is 1.50. The number of fused-ring (bicyclic) bond motifs is 2. The van der Waals surface area contributed by atoms with Gasteiger partial charge in [-0.15, -0.1) is 5.10 Å². The van der Waals surface area contributed by atoms with E-state index in [0.29, 0.717) is 23.0 Å². The third-order valence-corrected chi connectivity index (χ3v) is 5.87. The maximum absolute atomic E-state index is 14.9. The van der Waals surface area contributed by atoms with Gasteiger partial charge in [0.1, 0.15) is 5.82 Å². The van der Waals surface area contributed by atoms with Gasteiger partial charge < -0.3 is 15.8 Å². The lowest BCUT2D eigenvalue weighted by molar-refractivity contribution is -0.624. The number of nitrogens with one attached hydrogen (secondary N) is 2. The van der Waals surface area contributed by atoms with Gasteiger partial charge in [-0.3, -0.25) is 0 Å². The van der Waals surface area contributed by atoms with Gasteiger partial charge in [-0.25, -0.2) is 4.98 Å². The van der Waals surface area contributed by atoms with E-state index in [1.807, 2.05) is 13.0 Å². The van der Waals surface area contributed by atoms with Gasteiger partial charge >= 0.3 is 5.92 Å². The zero-order chi connectivity index (χ0) is 23.2. The molecule has 0 bridgehead atoms. The average molecular weight is 472 g/mol. The van der Waals surface area contributed by atoms with Crippen LogP contribution in [0, 0.1) is 12.1 Å². The van der Waals surface area contributed by atoms with Crippen molar-refractivity contribution in [2.45, 2.75) is 32.1 Å². The van der Waals surface area contributed by atoms with Crippen LogP contribution in [0.15, 0.2) is 42.6 Å². The van der Waals surface area contributed by atoms with Crippen molar-refractivity contribution in [2.75, 3.05) is 17.2 Å². The van der Waals surface area contributed by atoms with Crippen molar-refractivity contribution in [3.63, 3.8) is 0 Å². The van der Waals surface area contributed by atoms with Crippen LogP contribution in [0.25, 0.3) is 5.78 Å². The predicted molar refractivity (Wildman–Crippen MR) is 120 cm³/mol. The molecule has 1 aromatic carbocycles. The molecular formula is C22H20ClF2N7O. The summed E-state index contributed by atoms with van der Waals surface area (Å²) in [6.07, 6.45) is 3.35. The third-order valence-electron chi connectivity index (χ3n) is 5.63. The first kappa shape index (κ1) is 21.3. The lowest BCUT2D eigenvalue weighted by Crippen LogP contribution is -2.41. The van der Waals surface area contributed by atoms with E-state index in [1.54, 1.807) is 12.1 Å². The van der Waals surface area contributed by atoms with Crippen LogP contribution in [-0.4, -0.2) is 26.1 Å². The standard InChI is InChI=1S/C22H20ClF2N7O/c1-13-8-9-14(23)11-17(13)27-20-29-21-28-16-6-4-5-15(16)19(32(21)30-20)26-12-22(24,25)18-7-2-3-10-31(18)33/h2-3,7-11,26H,4-6,12H2,1H3,(H,27,30). The highest BCUT2D eigenvalue weighted by Crippen LogP contribution is 2.32. The molecule has 11 heteroatoms. The molecule has 0 atom stereocenters. The lowest BCUT2D eigenvalue weighted by atomic mass is 10.2. The molecule has 4 aromatic rings. The molecule has 1 aliphatic rings. The summed E-state index contributed by atoms with van der Waals surface area (Å²) in [5.41, 5.74) is 2.69. The summed E-state index contributed by atoms with van der Waals surface area (Å²) >= 11 is 6.10. The summed E-state index contributed by atoms with van der Waals surface area (Å²) < 4.78 is 31.3. The first-order valence-corrected chi connectivity index (χ1v) is 10.8. The van der Waals surface area contributed by atoms with Crippen molar-refractivity contribution in [1.82, 2.24) is 19.6 Å². The van der Waals surface area contributed by atoms with Crippen LogP contribution < -0.4 is 15.4 Å². The van der Waals surface area contributed by atoms with Crippen LogP contribution in [0.1, 0.15) is 28.9 Å². The second-order valence-electron chi connectivity index (χ2n) is 7.94. The van der Waals surface area contributed by atoms with E-state index in [4.69, 9.17) is 11.6 Å². The fourth-order valence-corrected chi connectivity index (χ4v) is 4.13. The molecule has 0 amide bonds. The van der Waals surface area contributed by atoms with E-state index in [1.165, 1.54) is 16.6 Å². The minimum atomic E-state index is -3.40. The Bertz CT molecular complexity index is 1360. The maximum Gasteiger partial charge on any atom is 0.347 e. The van der Waals surface area contributed by atoms with Gasteiger partial charge in [0, 0.05) is 28.4 Å². The van der Waals surface area contributed by atoms with E-state index < -0.39 is 18.2 Å². The van der Waals surface area contributed by atoms with Crippen molar-refractivity contribution in [1.29, 1.82) is 0 Å². The largest absolute Gasteiger partial charge is 0.618 e. The number of aromatic nitrogens is 5. The Morgan fingerprint density at radius 2 is 2.06 bits per heavy atom. The molecular weight excluding hydrogens is 452 g/mol. The smallest absolute Gasteiger partial charge is 0.347 e. The molecule has 0 saturated carbocycles. The van der Waals surface area contributed by atoms with Gasteiger partial charge in [0.15, 0.2) is 6.20 Å². The molecule has 2 N–H and O–H groups in total. The van der Waals surface area contributed by atoms with Crippen LogP contribution in [0.5, 0.6) is 0 Å². The van der Waals surface area contributed by atoms with Crippen molar-refractivity contribution in [2.24, 2.45) is 0 Å². The van der Waals surface area contributed by atoms with E-state index in [0.717, 1.165) is 47.6 Å². The second kappa shape index (κ2) is 8.11. The molecule has 5 rings (SSSR count). The Kier molecular flexibility index (Phi) is 5.24. The molecule has 3 aromatic heterocycles. The Morgan fingerprint density at radius 3 is 2.88 bits per heavy atom. The molecule has 0 aliphatic heterocycles. The fraction of sp³-hybridized carbons (Fsp3) is 0.273. The SMILES string of the molecule is Cc1ccc(Cl)cc1Nc1nc2nc3c(c(NCC(F)(F)c4cccc[n+]4[O-])n2n1)CCC3. The summed E-state index contributed by atoms with van der Waals surface area (Å²) in [7, 11) is 0. The Morgan fingerprint density at radius 1 is 1.21 bits per heavy atom. The number of alkyl halides is 2. The van der Waals surface area contributed by atoms with Crippen molar-refractivity contribution in [3.05, 3.63) is 75.3 Å². The highest BCUT2D eigenvalue weighted by molar-refractivity contribution is 6.30. The van der Waals surface area contributed by atoms with Crippen LogP contribution in [-0.2, 0) is 18.8 Å². The summed E-state index contributed by atoms with van der Waals surface area (Å²) in [4.78, 5) is 9.02.